The lowest BCUT2D eigenvalue weighted by Gasteiger charge is -2.13. The fraction of sp³-hybridized carbons (Fsp3) is 0.176. The summed E-state index contributed by atoms with van der Waals surface area (Å²) in [5.41, 5.74) is -0.238. The highest BCUT2D eigenvalue weighted by Gasteiger charge is 2.19. The molecule has 146 valence electrons. The minimum atomic E-state index is -1.14. The summed E-state index contributed by atoms with van der Waals surface area (Å²) >= 11 is 5.70. The van der Waals surface area contributed by atoms with Crippen molar-refractivity contribution in [2.24, 2.45) is 0 Å². The van der Waals surface area contributed by atoms with Gasteiger partial charge in [0.25, 0.3) is 17.5 Å². The van der Waals surface area contributed by atoms with Crippen molar-refractivity contribution in [2.75, 3.05) is 11.9 Å². The maximum Gasteiger partial charge on any atom is 0.326 e. The van der Waals surface area contributed by atoms with Crippen molar-refractivity contribution in [1.29, 1.82) is 0 Å². The predicted octanol–water partition coefficient (Wildman–Crippen LogP) is 1.94. The van der Waals surface area contributed by atoms with Crippen LogP contribution >= 0.6 is 11.6 Å². The van der Waals surface area contributed by atoms with E-state index in [0.29, 0.717) is 5.02 Å². The SMILES string of the molecule is C[C@H](OC(=O)CNC(=O)c1cccc([N+](=O)[O-])c1)C(=O)Nc1ccc(Cl)cn1. The quantitative estimate of drug-likeness (QED) is 0.406. The van der Waals surface area contributed by atoms with E-state index < -0.39 is 35.4 Å². The number of rotatable bonds is 7. The highest BCUT2D eigenvalue weighted by Crippen LogP contribution is 2.13. The molecule has 2 rings (SSSR count). The number of carbonyl (C=O) groups is 3. The summed E-state index contributed by atoms with van der Waals surface area (Å²) in [6, 6.07) is 8.04. The van der Waals surface area contributed by atoms with E-state index in [4.69, 9.17) is 16.3 Å². The van der Waals surface area contributed by atoms with Crippen LogP contribution in [0.4, 0.5) is 11.5 Å². The molecule has 0 aliphatic heterocycles. The normalized spacial score (nSPS) is 11.2. The van der Waals surface area contributed by atoms with Crippen LogP contribution in [0.5, 0.6) is 0 Å². The first-order chi connectivity index (χ1) is 13.3. The predicted molar refractivity (Wildman–Crippen MR) is 98.9 cm³/mol. The molecular formula is C17H15ClN4O6. The fourth-order valence-corrected chi connectivity index (χ4v) is 2.10. The van der Waals surface area contributed by atoms with Gasteiger partial charge < -0.3 is 15.4 Å². The first kappa shape index (κ1) is 20.8. The molecule has 0 spiro atoms. The van der Waals surface area contributed by atoms with Crippen molar-refractivity contribution in [3.63, 3.8) is 0 Å². The molecule has 2 N–H and O–H groups in total. The summed E-state index contributed by atoms with van der Waals surface area (Å²) in [6.07, 6.45) is 0.205. The van der Waals surface area contributed by atoms with E-state index in [1.54, 1.807) is 0 Å². The van der Waals surface area contributed by atoms with Gasteiger partial charge in [0.05, 0.1) is 9.95 Å². The fourth-order valence-electron chi connectivity index (χ4n) is 1.99. The Morgan fingerprint density at radius 3 is 2.68 bits per heavy atom. The number of nitro groups is 1. The molecule has 1 heterocycles. The number of ether oxygens (including phenoxy) is 1. The maximum absolute atomic E-state index is 12.0. The molecular weight excluding hydrogens is 392 g/mol. The van der Waals surface area contributed by atoms with Gasteiger partial charge in [0.2, 0.25) is 0 Å². The van der Waals surface area contributed by atoms with Crippen LogP contribution in [0.1, 0.15) is 17.3 Å². The van der Waals surface area contributed by atoms with E-state index in [2.05, 4.69) is 15.6 Å². The molecule has 2 amide bonds. The zero-order valence-electron chi connectivity index (χ0n) is 14.5. The molecule has 10 nitrogen and oxygen atoms in total. The summed E-state index contributed by atoms with van der Waals surface area (Å²) in [7, 11) is 0. The highest BCUT2D eigenvalue weighted by molar-refractivity contribution is 6.30. The van der Waals surface area contributed by atoms with E-state index >= 15 is 0 Å². The number of nitro benzene ring substituents is 1. The highest BCUT2D eigenvalue weighted by atomic mass is 35.5. The van der Waals surface area contributed by atoms with Gasteiger partial charge in [0.15, 0.2) is 6.10 Å². The molecule has 0 bridgehead atoms. The van der Waals surface area contributed by atoms with Crippen molar-refractivity contribution in [3.05, 3.63) is 63.3 Å². The average molecular weight is 407 g/mol. The number of nitrogens with one attached hydrogen (secondary N) is 2. The number of aromatic nitrogens is 1. The zero-order valence-corrected chi connectivity index (χ0v) is 15.3. The van der Waals surface area contributed by atoms with Crippen LogP contribution < -0.4 is 10.6 Å². The van der Waals surface area contributed by atoms with E-state index in [9.17, 15) is 24.5 Å². The van der Waals surface area contributed by atoms with Crippen LogP contribution in [0.3, 0.4) is 0 Å². The summed E-state index contributed by atoms with van der Waals surface area (Å²) in [6.45, 7) is 0.837. The number of nitrogens with zero attached hydrogens (tertiary/aromatic N) is 2. The first-order valence-electron chi connectivity index (χ1n) is 7.91. The van der Waals surface area contributed by atoms with Crippen molar-refractivity contribution >= 4 is 40.9 Å². The molecule has 28 heavy (non-hydrogen) atoms. The Morgan fingerprint density at radius 1 is 1.29 bits per heavy atom. The molecule has 0 unspecified atom stereocenters. The van der Waals surface area contributed by atoms with E-state index in [1.165, 1.54) is 43.5 Å². The first-order valence-corrected chi connectivity index (χ1v) is 8.28. The lowest BCUT2D eigenvalue weighted by atomic mass is 10.2. The minimum absolute atomic E-state index is 0.0154. The molecule has 0 aliphatic carbocycles. The van der Waals surface area contributed by atoms with Crippen LogP contribution in [0.25, 0.3) is 0 Å². The number of hydrogen-bond donors (Lipinski definition) is 2. The van der Waals surface area contributed by atoms with Crippen LogP contribution in [0.15, 0.2) is 42.6 Å². The molecule has 0 radical (unpaired) electrons. The van der Waals surface area contributed by atoms with E-state index in [0.717, 1.165) is 6.07 Å². The molecule has 11 heteroatoms. The Bertz CT molecular complexity index is 903. The Morgan fingerprint density at radius 2 is 2.04 bits per heavy atom. The third-order valence-electron chi connectivity index (χ3n) is 3.37. The zero-order chi connectivity index (χ0) is 20.7. The largest absolute Gasteiger partial charge is 0.451 e. The Kier molecular flexibility index (Phi) is 6.99. The van der Waals surface area contributed by atoms with Gasteiger partial charge in [-0.15, -0.1) is 0 Å². The monoisotopic (exact) mass is 406 g/mol. The average Bonchev–Trinajstić information content (AvgIpc) is 2.67. The number of esters is 1. The number of anilines is 1. The van der Waals surface area contributed by atoms with Crippen LogP contribution in [0.2, 0.25) is 5.02 Å². The molecule has 1 aromatic heterocycles. The van der Waals surface area contributed by atoms with Gasteiger partial charge in [-0.3, -0.25) is 24.5 Å². The van der Waals surface area contributed by atoms with Crippen molar-refractivity contribution in [2.45, 2.75) is 13.0 Å². The van der Waals surface area contributed by atoms with Crippen LogP contribution in [-0.2, 0) is 14.3 Å². The number of non-ortho nitro benzene ring substituents is 1. The molecule has 0 aliphatic rings. The second-order valence-corrected chi connectivity index (χ2v) is 5.91. The van der Waals surface area contributed by atoms with Gasteiger partial charge in [-0.2, -0.15) is 0 Å². The second-order valence-electron chi connectivity index (χ2n) is 5.47. The van der Waals surface area contributed by atoms with Gasteiger partial charge in [0.1, 0.15) is 12.4 Å². The molecule has 0 saturated heterocycles. The molecule has 1 atom stereocenters. The number of amides is 2. The summed E-state index contributed by atoms with van der Waals surface area (Å²) in [5.74, 6) is -1.93. The smallest absolute Gasteiger partial charge is 0.326 e. The lowest BCUT2D eigenvalue weighted by Crippen LogP contribution is -2.36. The van der Waals surface area contributed by atoms with E-state index in [-0.39, 0.29) is 17.1 Å². The van der Waals surface area contributed by atoms with Gasteiger partial charge in [-0.25, -0.2) is 4.98 Å². The third-order valence-corrected chi connectivity index (χ3v) is 3.59. The topological polar surface area (TPSA) is 141 Å². The Labute approximate surface area is 164 Å². The summed E-state index contributed by atoms with van der Waals surface area (Å²) in [4.78, 5) is 49.7. The van der Waals surface area contributed by atoms with Gasteiger partial charge in [-0.1, -0.05) is 17.7 Å². The van der Waals surface area contributed by atoms with Gasteiger partial charge >= 0.3 is 5.97 Å². The van der Waals surface area contributed by atoms with Crippen molar-refractivity contribution < 1.29 is 24.0 Å². The number of carbonyl (C=O) groups excluding carboxylic acids is 3. The summed E-state index contributed by atoms with van der Waals surface area (Å²) in [5, 5.41) is 15.8. The standard InChI is InChI=1S/C17H15ClN4O6/c1-10(16(24)21-14-6-5-12(18)8-19-14)28-15(23)9-20-17(25)11-3-2-4-13(7-11)22(26)27/h2-8,10H,9H2,1H3,(H,20,25)(H,19,21,24)/t10-/m0/s1. The molecule has 1 aromatic carbocycles. The van der Waals surface area contributed by atoms with Crippen LogP contribution in [-0.4, -0.2) is 40.3 Å². The van der Waals surface area contributed by atoms with E-state index in [1.807, 2.05) is 0 Å². The maximum atomic E-state index is 12.0. The second kappa shape index (κ2) is 9.42. The van der Waals surface area contributed by atoms with Crippen LogP contribution in [0, 0.1) is 10.1 Å². The lowest BCUT2D eigenvalue weighted by molar-refractivity contribution is -0.384. The number of benzene rings is 1. The van der Waals surface area contributed by atoms with Crippen molar-refractivity contribution in [1.82, 2.24) is 10.3 Å². The number of pyridine rings is 1. The Balaban J connectivity index is 1.83. The number of halogens is 1. The number of hydrogen-bond acceptors (Lipinski definition) is 7. The molecule has 2 aromatic rings. The third kappa shape index (κ3) is 6.02. The Hall–Kier alpha value is -3.53. The van der Waals surface area contributed by atoms with Gasteiger partial charge in [0, 0.05) is 23.9 Å². The molecule has 0 saturated carbocycles. The minimum Gasteiger partial charge on any atom is -0.451 e. The summed E-state index contributed by atoms with van der Waals surface area (Å²) < 4.78 is 4.93. The van der Waals surface area contributed by atoms with Crippen molar-refractivity contribution in [3.8, 4) is 0 Å². The van der Waals surface area contributed by atoms with Gasteiger partial charge in [-0.05, 0) is 25.1 Å². The molecule has 0 fully saturated rings.